The summed E-state index contributed by atoms with van der Waals surface area (Å²) in [6, 6.07) is 4.20. The largest absolute Gasteiger partial charge is 0.368 e. The summed E-state index contributed by atoms with van der Waals surface area (Å²) >= 11 is 0. The molecule has 2 saturated heterocycles. The summed E-state index contributed by atoms with van der Waals surface area (Å²) in [7, 11) is -3.39. The zero-order chi connectivity index (χ0) is 17.4. The van der Waals surface area contributed by atoms with Crippen molar-refractivity contribution in [3.8, 4) is 0 Å². The molecule has 3 heterocycles. The van der Waals surface area contributed by atoms with Crippen LogP contribution in [0.1, 0.15) is 27.2 Å². The van der Waals surface area contributed by atoms with Crippen LogP contribution in [0, 0.1) is 0 Å². The molecule has 6 nitrogen and oxygen atoms in total. The van der Waals surface area contributed by atoms with Crippen molar-refractivity contribution in [2.45, 2.75) is 43.0 Å². The number of nitrogens with zero attached hydrogens (tertiary/aromatic N) is 3. The summed E-state index contributed by atoms with van der Waals surface area (Å²) in [6.07, 6.45) is 2.94. The maximum Gasteiger partial charge on any atom is 0.200 e. The van der Waals surface area contributed by atoms with Crippen LogP contribution in [0.3, 0.4) is 0 Å². The van der Waals surface area contributed by atoms with Crippen LogP contribution >= 0.6 is 0 Å². The minimum Gasteiger partial charge on any atom is -0.368 e. The molecule has 0 aromatic carbocycles. The Morgan fingerprint density at radius 2 is 1.88 bits per heavy atom. The summed E-state index contributed by atoms with van der Waals surface area (Å²) < 4.78 is 24.1. The molecule has 2 fully saturated rings. The standard InChI is InChI=1S/C17H28N4O2S/c1-17(2,3)24(22,23)16-5-4-14(13-19-16)20-8-10-21(11-9-20)15-6-7-18-12-15/h4-5,13,15,18H,6-12H2,1-3H3. The predicted molar refractivity (Wildman–Crippen MR) is 96.2 cm³/mol. The topological polar surface area (TPSA) is 65.5 Å². The van der Waals surface area contributed by atoms with Crippen molar-refractivity contribution >= 4 is 15.5 Å². The maximum absolute atomic E-state index is 12.4. The number of nitrogens with one attached hydrogen (secondary N) is 1. The van der Waals surface area contributed by atoms with Crippen LogP contribution in [0.4, 0.5) is 5.69 Å². The molecule has 0 saturated carbocycles. The van der Waals surface area contributed by atoms with Crippen molar-refractivity contribution in [2.24, 2.45) is 0 Å². The van der Waals surface area contributed by atoms with Gasteiger partial charge in [0.2, 0.25) is 0 Å². The molecule has 0 spiro atoms. The maximum atomic E-state index is 12.4. The van der Waals surface area contributed by atoms with E-state index in [9.17, 15) is 8.42 Å². The van der Waals surface area contributed by atoms with Gasteiger partial charge in [-0.25, -0.2) is 13.4 Å². The van der Waals surface area contributed by atoms with Gasteiger partial charge in [0.25, 0.3) is 0 Å². The minimum atomic E-state index is -3.39. The van der Waals surface area contributed by atoms with Crippen LogP contribution < -0.4 is 10.2 Å². The van der Waals surface area contributed by atoms with E-state index >= 15 is 0 Å². The number of piperazine rings is 1. The molecule has 1 atom stereocenters. The van der Waals surface area contributed by atoms with Crippen molar-refractivity contribution in [2.75, 3.05) is 44.2 Å². The van der Waals surface area contributed by atoms with E-state index in [1.54, 1.807) is 33.0 Å². The fourth-order valence-corrected chi connectivity index (χ4v) is 4.39. The second kappa shape index (κ2) is 6.61. The number of aromatic nitrogens is 1. The summed E-state index contributed by atoms with van der Waals surface area (Å²) in [5, 5.41) is 3.58. The summed E-state index contributed by atoms with van der Waals surface area (Å²) in [5.74, 6) is 0. The molecule has 3 rings (SSSR count). The van der Waals surface area contributed by atoms with Crippen LogP contribution in [-0.2, 0) is 9.84 Å². The van der Waals surface area contributed by atoms with Gasteiger partial charge < -0.3 is 10.2 Å². The number of rotatable bonds is 3. The zero-order valence-corrected chi connectivity index (χ0v) is 15.6. The summed E-state index contributed by atoms with van der Waals surface area (Å²) in [5.41, 5.74) is 1.01. The second-order valence-corrected chi connectivity index (χ2v) is 10.3. The first-order chi connectivity index (χ1) is 11.3. The molecule has 1 aromatic heterocycles. The molecule has 2 aliphatic rings. The molecular weight excluding hydrogens is 324 g/mol. The molecule has 0 aliphatic carbocycles. The Morgan fingerprint density at radius 3 is 2.38 bits per heavy atom. The Balaban J connectivity index is 1.65. The smallest absolute Gasteiger partial charge is 0.200 e. The predicted octanol–water partition coefficient (Wildman–Crippen LogP) is 1.14. The van der Waals surface area contributed by atoms with Crippen LogP contribution in [-0.4, -0.2) is 68.4 Å². The van der Waals surface area contributed by atoms with E-state index in [4.69, 9.17) is 0 Å². The average molecular weight is 353 g/mol. The van der Waals surface area contributed by atoms with E-state index in [2.05, 4.69) is 20.1 Å². The molecule has 7 heteroatoms. The van der Waals surface area contributed by atoms with E-state index in [0.29, 0.717) is 6.04 Å². The van der Waals surface area contributed by atoms with Crippen molar-refractivity contribution < 1.29 is 8.42 Å². The van der Waals surface area contributed by atoms with Crippen molar-refractivity contribution in [3.05, 3.63) is 18.3 Å². The molecule has 1 N–H and O–H groups in total. The number of hydrogen-bond donors (Lipinski definition) is 1. The molecule has 0 radical (unpaired) electrons. The van der Waals surface area contributed by atoms with E-state index < -0.39 is 14.6 Å². The van der Waals surface area contributed by atoms with Gasteiger partial charge in [-0.2, -0.15) is 0 Å². The third kappa shape index (κ3) is 3.43. The fourth-order valence-electron chi connectivity index (χ4n) is 3.33. The second-order valence-electron chi connectivity index (χ2n) is 7.64. The lowest BCUT2D eigenvalue weighted by atomic mass is 10.2. The summed E-state index contributed by atoms with van der Waals surface area (Å²) in [4.78, 5) is 9.08. The monoisotopic (exact) mass is 352 g/mol. The van der Waals surface area contributed by atoms with Gasteiger partial charge >= 0.3 is 0 Å². The summed E-state index contributed by atoms with van der Waals surface area (Å²) in [6.45, 7) is 11.4. The lowest BCUT2D eigenvalue weighted by Gasteiger charge is -2.38. The van der Waals surface area contributed by atoms with Gasteiger partial charge in [-0.1, -0.05) is 0 Å². The van der Waals surface area contributed by atoms with E-state index in [-0.39, 0.29) is 5.03 Å². The Kier molecular flexibility index (Phi) is 4.86. The van der Waals surface area contributed by atoms with Gasteiger partial charge in [-0.15, -0.1) is 0 Å². The van der Waals surface area contributed by atoms with Gasteiger partial charge in [-0.05, 0) is 45.9 Å². The van der Waals surface area contributed by atoms with E-state index in [1.807, 2.05) is 6.07 Å². The molecule has 134 valence electrons. The number of sulfone groups is 1. The van der Waals surface area contributed by atoms with Crippen LogP contribution in [0.25, 0.3) is 0 Å². The van der Waals surface area contributed by atoms with Crippen molar-refractivity contribution in [1.29, 1.82) is 0 Å². The molecule has 0 bridgehead atoms. The highest BCUT2D eigenvalue weighted by molar-refractivity contribution is 7.92. The minimum absolute atomic E-state index is 0.161. The van der Waals surface area contributed by atoms with E-state index in [0.717, 1.165) is 45.0 Å². The molecule has 2 aliphatic heterocycles. The van der Waals surface area contributed by atoms with Gasteiger partial charge in [0.15, 0.2) is 14.9 Å². The normalized spacial score (nSPS) is 23.6. The Bertz CT molecular complexity index is 653. The van der Waals surface area contributed by atoms with Gasteiger partial charge in [0, 0.05) is 38.8 Å². The van der Waals surface area contributed by atoms with Crippen LogP contribution in [0.15, 0.2) is 23.4 Å². The first-order valence-electron chi connectivity index (χ1n) is 8.69. The quantitative estimate of drug-likeness (QED) is 0.880. The SMILES string of the molecule is CC(C)(C)S(=O)(=O)c1ccc(N2CCN(C3CCNC3)CC2)cn1. The lowest BCUT2D eigenvalue weighted by molar-refractivity contribution is 0.196. The van der Waals surface area contributed by atoms with Crippen molar-refractivity contribution in [3.63, 3.8) is 0 Å². The number of hydrogen-bond acceptors (Lipinski definition) is 6. The average Bonchev–Trinajstić information content (AvgIpc) is 3.08. The zero-order valence-electron chi connectivity index (χ0n) is 14.8. The molecular formula is C17H28N4O2S. The third-order valence-electron chi connectivity index (χ3n) is 5.03. The Morgan fingerprint density at radius 1 is 1.17 bits per heavy atom. The fraction of sp³-hybridized carbons (Fsp3) is 0.706. The van der Waals surface area contributed by atoms with Gasteiger partial charge in [0.1, 0.15) is 0 Å². The molecule has 0 amide bonds. The van der Waals surface area contributed by atoms with Crippen LogP contribution in [0.5, 0.6) is 0 Å². The highest BCUT2D eigenvalue weighted by Crippen LogP contribution is 2.25. The number of anilines is 1. The van der Waals surface area contributed by atoms with Crippen molar-refractivity contribution in [1.82, 2.24) is 15.2 Å². The molecule has 1 aromatic rings. The Hall–Kier alpha value is -1.18. The first-order valence-corrected chi connectivity index (χ1v) is 10.2. The van der Waals surface area contributed by atoms with Crippen LogP contribution in [0.2, 0.25) is 0 Å². The molecule has 24 heavy (non-hydrogen) atoms. The third-order valence-corrected chi connectivity index (χ3v) is 7.44. The Labute approximate surface area is 145 Å². The van der Waals surface area contributed by atoms with Gasteiger partial charge in [0.05, 0.1) is 16.6 Å². The number of pyridine rings is 1. The van der Waals surface area contributed by atoms with E-state index in [1.165, 1.54) is 6.42 Å². The lowest BCUT2D eigenvalue weighted by Crippen LogP contribution is -2.51. The highest BCUT2D eigenvalue weighted by atomic mass is 32.2. The molecule has 1 unspecified atom stereocenters. The van der Waals surface area contributed by atoms with Gasteiger partial charge in [-0.3, -0.25) is 4.90 Å². The highest BCUT2D eigenvalue weighted by Gasteiger charge is 2.32. The first kappa shape index (κ1) is 17.6.